The van der Waals surface area contributed by atoms with Gasteiger partial charge in [0.2, 0.25) is 5.91 Å². The summed E-state index contributed by atoms with van der Waals surface area (Å²) in [4.78, 5) is 13.2. The summed E-state index contributed by atoms with van der Waals surface area (Å²) in [7, 11) is -4.54. The molecule has 0 saturated carbocycles. The van der Waals surface area contributed by atoms with Gasteiger partial charge in [-0.2, -0.15) is 31.4 Å². The maximum absolute atomic E-state index is 14.6. The predicted molar refractivity (Wildman–Crippen MR) is 171 cm³/mol. The summed E-state index contributed by atoms with van der Waals surface area (Å²) in [6.45, 7) is 0.693. The van der Waals surface area contributed by atoms with Gasteiger partial charge in [-0.1, -0.05) is 30.3 Å². The highest BCUT2D eigenvalue weighted by Crippen LogP contribution is 2.54. The lowest BCUT2D eigenvalue weighted by molar-refractivity contribution is -0.392. The van der Waals surface area contributed by atoms with Gasteiger partial charge in [-0.3, -0.25) is 9.48 Å². The number of hydrogen-bond donors (Lipinski definition) is 0. The Balaban J connectivity index is 1.43. The fraction of sp³-hybridized carbons (Fsp3) is 0.389. The van der Waals surface area contributed by atoms with Gasteiger partial charge in [0.1, 0.15) is 22.2 Å². The van der Waals surface area contributed by atoms with Gasteiger partial charge in [0, 0.05) is 36.8 Å². The smallest absolute Gasteiger partial charge is 0.349 e. The van der Waals surface area contributed by atoms with Crippen molar-refractivity contribution in [3.05, 3.63) is 118 Å². The first-order chi connectivity index (χ1) is 24.8. The van der Waals surface area contributed by atoms with E-state index in [9.17, 15) is 52.7 Å². The number of piperidine rings is 1. The van der Waals surface area contributed by atoms with Crippen molar-refractivity contribution >= 4 is 15.7 Å². The molecule has 0 radical (unpaired) electrons. The molecule has 284 valence electrons. The van der Waals surface area contributed by atoms with Crippen LogP contribution in [0.3, 0.4) is 0 Å². The minimum atomic E-state index is -6.21. The van der Waals surface area contributed by atoms with Crippen molar-refractivity contribution in [1.82, 2.24) is 14.7 Å². The lowest BCUT2D eigenvalue weighted by Crippen LogP contribution is -2.56. The number of carbonyl (C=O) groups is 1. The Kier molecular flexibility index (Phi) is 9.98. The molecule has 1 aliphatic carbocycles. The molecule has 53 heavy (non-hydrogen) atoms. The number of hydrogen-bond acceptors (Lipinski definition) is 5. The van der Waals surface area contributed by atoms with E-state index in [0.717, 1.165) is 42.5 Å². The molecule has 3 aromatic carbocycles. The second-order valence-electron chi connectivity index (χ2n) is 13.2. The Morgan fingerprint density at radius 2 is 1.47 bits per heavy atom. The molecule has 1 unspecified atom stereocenters. The first kappa shape index (κ1) is 38.3. The van der Waals surface area contributed by atoms with Crippen LogP contribution in [0.25, 0.3) is 0 Å². The van der Waals surface area contributed by atoms with E-state index in [0.29, 0.717) is 61.5 Å². The van der Waals surface area contributed by atoms with Crippen molar-refractivity contribution in [1.29, 1.82) is 0 Å². The lowest BCUT2D eigenvalue weighted by Gasteiger charge is -2.40. The number of aromatic nitrogens is 2. The van der Waals surface area contributed by atoms with Crippen LogP contribution in [0.2, 0.25) is 0 Å². The zero-order chi connectivity index (χ0) is 38.6. The van der Waals surface area contributed by atoms with Crippen LogP contribution in [0.5, 0.6) is 0 Å². The van der Waals surface area contributed by atoms with E-state index in [-0.39, 0.29) is 41.7 Å². The van der Waals surface area contributed by atoms with Crippen LogP contribution in [0.4, 0.5) is 39.5 Å². The standard InChI is InChI=1S/C36H32F9N3O4S/c1-22(49)47-17-14-27(15-18-47)48-32-13-16-33(19-23(32)20-46-48,53(50,51)28-11-9-26(37)10-12-28)24-5-7-25(8-6-24)34(35(40,41)42,36(43,44)45)52-21-29-30(38)3-2-4-31(29)39/h2-12,20,27H,13-19,21H2,1H3. The summed E-state index contributed by atoms with van der Waals surface area (Å²) in [5, 5.41) is 4.52. The average molecular weight is 774 g/mol. The van der Waals surface area contributed by atoms with Gasteiger partial charge < -0.3 is 9.64 Å². The Bertz CT molecular complexity index is 2060. The van der Waals surface area contributed by atoms with Gasteiger partial charge in [-0.05, 0) is 79.6 Å². The monoisotopic (exact) mass is 773 g/mol. The molecule has 0 N–H and O–H groups in total. The number of sulfone groups is 1. The molecule has 1 amide bonds. The number of alkyl halides is 6. The van der Waals surface area contributed by atoms with E-state index in [1.165, 1.54) is 13.1 Å². The average Bonchev–Trinajstić information content (AvgIpc) is 3.52. The van der Waals surface area contributed by atoms with Crippen molar-refractivity contribution < 1.29 is 57.5 Å². The molecule has 2 heterocycles. The molecule has 1 saturated heterocycles. The van der Waals surface area contributed by atoms with Crippen LogP contribution in [0, 0.1) is 17.5 Å². The third kappa shape index (κ3) is 6.59. The molecule has 1 atom stereocenters. The zero-order valence-corrected chi connectivity index (χ0v) is 28.8. The molecular weight excluding hydrogens is 741 g/mol. The van der Waals surface area contributed by atoms with Gasteiger partial charge in [0.15, 0.2) is 9.84 Å². The topological polar surface area (TPSA) is 81.5 Å². The van der Waals surface area contributed by atoms with E-state index in [1.54, 1.807) is 9.58 Å². The van der Waals surface area contributed by atoms with Crippen LogP contribution < -0.4 is 0 Å². The molecule has 0 spiro atoms. The van der Waals surface area contributed by atoms with Crippen molar-refractivity contribution in [2.45, 2.75) is 79.3 Å². The van der Waals surface area contributed by atoms with Gasteiger partial charge in [0.25, 0.3) is 5.60 Å². The van der Waals surface area contributed by atoms with Crippen LogP contribution in [0.15, 0.2) is 77.8 Å². The van der Waals surface area contributed by atoms with Crippen LogP contribution in [-0.2, 0) is 49.2 Å². The van der Waals surface area contributed by atoms with E-state index in [1.807, 2.05) is 0 Å². The van der Waals surface area contributed by atoms with Gasteiger partial charge in [-0.15, -0.1) is 0 Å². The summed E-state index contributed by atoms with van der Waals surface area (Å²) in [6.07, 6.45) is -10.1. The Labute approximate surface area is 298 Å². The molecule has 2 aliphatic rings. The number of carbonyl (C=O) groups excluding carboxylic acids is 1. The highest BCUT2D eigenvalue weighted by Gasteiger charge is 2.73. The van der Waals surface area contributed by atoms with Crippen LogP contribution in [-0.4, -0.2) is 54.4 Å². The highest BCUT2D eigenvalue weighted by atomic mass is 32.2. The fourth-order valence-corrected chi connectivity index (χ4v) is 9.48. The maximum atomic E-state index is 14.6. The summed E-state index contributed by atoms with van der Waals surface area (Å²) >= 11 is 0. The molecule has 4 aromatic rings. The quantitative estimate of drug-likeness (QED) is 0.135. The predicted octanol–water partition coefficient (Wildman–Crippen LogP) is 7.88. The minimum Gasteiger partial charge on any atom is -0.349 e. The van der Waals surface area contributed by atoms with E-state index in [2.05, 4.69) is 9.84 Å². The number of fused-ring (bicyclic) bond motifs is 1. The Morgan fingerprint density at radius 1 is 0.887 bits per heavy atom. The second kappa shape index (κ2) is 13.8. The van der Waals surface area contributed by atoms with Gasteiger partial charge in [0.05, 0.1) is 23.7 Å². The molecule has 6 rings (SSSR count). The minimum absolute atomic E-state index is 0.0685. The maximum Gasteiger partial charge on any atom is 0.430 e. The first-order valence-corrected chi connectivity index (χ1v) is 17.9. The van der Waals surface area contributed by atoms with Crippen molar-refractivity contribution in [2.75, 3.05) is 13.1 Å². The third-order valence-corrected chi connectivity index (χ3v) is 12.7. The largest absolute Gasteiger partial charge is 0.430 e. The van der Waals surface area contributed by atoms with E-state index < -0.39 is 67.7 Å². The molecular formula is C36H32F9N3O4S. The van der Waals surface area contributed by atoms with Crippen molar-refractivity contribution in [3.8, 4) is 0 Å². The molecule has 17 heteroatoms. The number of amides is 1. The number of likely N-dealkylation sites (tertiary alicyclic amines) is 1. The molecule has 1 aromatic heterocycles. The first-order valence-electron chi connectivity index (χ1n) is 16.4. The normalized spacial score (nSPS) is 18.9. The molecule has 0 bridgehead atoms. The molecule has 1 aliphatic heterocycles. The second-order valence-corrected chi connectivity index (χ2v) is 15.4. The Morgan fingerprint density at radius 3 is 2.02 bits per heavy atom. The third-order valence-electron chi connectivity index (χ3n) is 10.2. The number of halogens is 9. The van der Waals surface area contributed by atoms with Crippen molar-refractivity contribution in [2.24, 2.45) is 0 Å². The molecule has 1 fully saturated rings. The molecule has 7 nitrogen and oxygen atoms in total. The van der Waals surface area contributed by atoms with Crippen molar-refractivity contribution in [3.63, 3.8) is 0 Å². The Hall–Kier alpha value is -4.38. The number of nitrogens with zero attached hydrogens (tertiary/aromatic N) is 3. The van der Waals surface area contributed by atoms with Gasteiger partial charge >= 0.3 is 12.4 Å². The summed E-state index contributed by atoms with van der Waals surface area (Å²) in [6, 6.07) is 8.51. The number of ether oxygens (including phenoxy) is 1. The van der Waals surface area contributed by atoms with E-state index >= 15 is 0 Å². The van der Waals surface area contributed by atoms with Crippen LogP contribution in [0.1, 0.15) is 60.2 Å². The summed E-state index contributed by atoms with van der Waals surface area (Å²) < 4.78 is 164. The van der Waals surface area contributed by atoms with Crippen LogP contribution >= 0.6 is 0 Å². The van der Waals surface area contributed by atoms with E-state index in [4.69, 9.17) is 0 Å². The fourth-order valence-electron chi connectivity index (χ4n) is 7.37. The van der Waals surface area contributed by atoms with Gasteiger partial charge in [-0.25, -0.2) is 21.6 Å². The highest BCUT2D eigenvalue weighted by molar-refractivity contribution is 7.92. The number of benzene rings is 3. The SMILES string of the molecule is CC(=O)N1CCC(n2ncc3c2CCC(c2ccc(C(OCc4c(F)cccc4F)(C(F)(F)F)C(F)(F)F)cc2)(S(=O)(=O)c2ccc(F)cc2)C3)CC1. The summed E-state index contributed by atoms with van der Waals surface area (Å²) in [5.41, 5.74) is -6.71. The summed E-state index contributed by atoms with van der Waals surface area (Å²) in [5.74, 6) is -3.65. The lowest BCUT2D eigenvalue weighted by atomic mass is 9.80. The number of rotatable bonds is 8. The zero-order valence-electron chi connectivity index (χ0n) is 27.9.